The summed E-state index contributed by atoms with van der Waals surface area (Å²) in [6.45, 7) is 0.693. The van der Waals surface area contributed by atoms with Crippen molar-refractivity contribution in [1.82, 2.24) is 5.32 Å². The van der Waals surface area contributed by atoms with Crippen molar-refractivity contribution < 1.29 is 5.11 Å². The molecular formula is C15H21NO. The van der Waals surface area contributed by atoms with Gasteiger partial charge in [0.15, 0.2) is 0 Å². The van der Waals surface area contributed by atoms with Gasteiger partial charge in [0.2, 0.25) is 0 Å². The zero-order valence-corrected chi connectivity index (χ0v) is 10.2. The molecule has 2 aliphatic rings. The summed E-state index contributed by atoms with van der Waals surface area (Å²) in [5.74, 6) is 0.749. The summed E-state index contributed by atoms with van der Waals surface area (Å²) >= 11 is 0. The van der Waals surface area contributed by atoms with Gasteiger partial charge >= 0.3 is 0 Å². The van der Waals surface area contributed by atoms with Crippen molar-refractivity contribution in [3.63, 3.8) is 0 Å². The Hall–Kier alpha value is -0.860. The third-order valence-corrected chi connectivity index (χ3v) is 4.05. The van der Waals surface area contributed by atoms with Crippen LogP contribution in [0.25, 0.3) is 0 Å². The van der Waals surface area contributed by atoms with Gasteiger partial charge in [-0.05, 0) is 42.7 Å². The first kappa shape index (κ1) is 11.2. The number of rotatable bonds is 5. The van der Waals surface area contributed by atoms with Crippen LogP contribution in [-0.2, 0) is 0 Å². The van der Waals surface area contributed by atoms with E-state index in [2.05, 4.69) is 23.5 Å². The van der Waals surface area contributed by atoms with Gasteiger partial charge in [0.25, 0.3) is 0 Å². The highest BCUT2D eigenvalue weighted by Gasteiger charge is 2.23. The number of aliphatic hydroxyl groups excluding tert-OH is 1. The van der Waals surface area contributed by atoms with Crippen molar-refractivity contribution in [2.75, 3.05) is 6.54 Å². The number of aliphatic hydroxyl groups is 1. The van der Waals surface area contributed by atoms with E-state index in [1.165, 1.54) is 37.7 Å². The molecule has 0 saturated heterocycles. The zero-order valence-electron chi connectivity index (χ0n) is 10.2. The number of benzene rings is 1. The van der Waals surface area contributed by atoms with E-state index in [4.69, 9.17) is 0 Å². The fraction of sp³-hybridized carbons (Fsp3) is 0.600. The van der Waals surface area contributed by atoms with Crippen LogP contribution in [0.5, 0.6) is 0 Å². The molecule has 0 aliphatic heterocycles. The molecule has 0 radical (unpaired) electrons. The smallest absolute Gasteiger partial charge is 0.0914 e. The largest absolute Gasteiger partial charge is 0.387 e. The van der Waals surface area contributed by atoms with E-state index >= 15 is 0 Å². The van der Waals surface area contributed by atoms with Gasteiger partial charge < -0.3 is 10.4 Å². The van der Waals surface area contributed by atoms with Gasteiger partial charge in [-0.2, -0.15) is 0 Å². The van der Waals surface area contributed by atoms with E-state index in [0.717, 1.165) is 11.5 Å². The van der Waals surface area contributed by atoms with Gasteiger partial charge in [-0.25, -0.2) is 0 Å². The summed E-state index contributed by atoms with van der Waals surface area (Å²) in [6, 6.07) is 9.20. The fourth-order valence-electron chi connectivity index (χ4n) is 2.45. The van der Waals surface area contributed by atoms with Crippen LogP contribution >= 0.6 is 0 Å². The van der Waals surface area contributed by atoms with Crippen molar-refractivity contribution in [3.05, 3.63) is 35.4 Å². The third-order valence-electron chi connectivity index (χ3n) is 4.05. The average Bonchev–Trinajstić information content (AvgIpc) is 3.08. The van der Waals surface area contributed by atoms with Crippen molar-refractivity contribution >= 4 is 0 Å². The molecule has 1 aromatic carbocycles. The normalized spacial score (nSPS) is 22.2. The van der Waals surface area contributed by atoms with Crippen molar-refractivity contribution in [2.24, 2.45) is 0 Å². The highest BCUT2D eigenvalue weighted by atomic mass is 16.3. The first-order valence-electron chi connectivity index (χ1n) is 6.84. The first-order valence-corrected chi connectivity index (χ1v) is 6.84. The molecule has 0 aromatic heterocycles. The second-order valence-electron chi connectivity index (χ2n) is 5.50. The lowest BCUT2D eigenvalue weighted by atomic mass is 9.79. The van der Waals surface area contributed by atoms with Crippen molar-refractivity contribution in [2.45, 2.75) is 50.2 Å². The molecule has 0 heterocycles. The Morgan fingerprint density at radius 3 is 2.71 bits per heavy atom. The molecule has 1 unspecified atom stereocenters. The molecule has 92 valence electrons. The molecule has 2 heteroatoms. The Morgan fingerprint density at radius 2 is 2.06 bits per heavy atom. The Morgan fingerprint density at radius 1 is 1.24 bits per heavy atom. The molecule has 2 nitrogen and oxygen atoms in total. The summed E-state index contributed by atoms with van der Waals surface area (Å²) in [5.41, 5.74) is 2.49. The second-order valence-corrected chi connectivity index (χ2v) is 5.50. The van der Waals surface area contributed by atoms with Crippen LogP contribution in [0.2, 0.25) is 0 Å². The van der Waals surface area contributed by atoms with E-state index in [0.29, 0.717) is 12.6 Å². The lowest BCUT2D eigenvalue weighted by Crippen LogP contribution is -2.23. The Balaban J connectivity index is 1.63. The van der Waals surface area contributed by atoms with Crippen LogP contribution in [0.3, 0.4) is 0 Å². The molecule has 0 bridgehead atoms. The minimum absolute atomic E-state index is 0.351. The molecule has 2 fully saturated rings. The van der Waals surface area contributed by atoms with Gasteiger partial charge in [-0.1, -0.05) is 30.7 Å². The topological polar surface area (TPSA) is 32.3 Å². The molecule has 1 atom stereocenters. The van der Waals surface area contributed by atoms with Gasteiger partial charge in [-0.3, -0.25) is 0 Å². The molecular weight excluding hydrogens is 210 g/mol. The molecule has 2 N–H and O–H groups in total. The molecule has 17 heavy (non-hydrogen) atoms. The summed E-state index contributed by atoms with van der Waals surface area (Å²) in [4.78, 5) is 0. The predicted molar refractivity (Wildman–Crippen MR) is 69.0 cm³/mol. The first-order chi connectivity index (χ1) is 8.33. The summed E-state index contributed by atoms with van der Waals surface area (Å²) in [7, 11) is 0. The maximum absolute atomic E-state index is 10.1. The van der Waals surface area contributed by atoms with E-state index in [1.54, 1.807) is 0 Å². The summed E-state index contributed by atoms with van der Waals surface area (Å²) in [5, 5.41) is 13.5. The van der Waals surface area contributed by atoms with Gasteiger partial charge in [0.05, 0.1) is 6.10 Å². The monoisotopic (exact) mass is 231 g/mol. The fourth-order valence-corrected chi connectivity index (χ4v) is 2.45. The van der Waals surface area contributed by atoms with Crippen LogP contribution in [0.4, 0.5) is 0 Å². The highest BCUT2D eigenvalue weighted by Crippen LogP contribution is 2.36. The Labute approximate surface area is 103 Å². The molecule has 2 aliphatic carbocycles. The Kier molecular flexibility index (Phi) is 3.17. The predicted octanol–water partition coefficient (Wildman–Crippen LogP) is 2.74. The van der Waals surface area contributed by atoms with Gasteiger partial charge in [-0.15, -0.1) is 0 Å². The van der Waals surface area contributed by atoms with E-state index in [9.17, 15) is 5.11 Å². The molecule has 0 amide bonds. The van der Waals surface area contributed by atoms with Gasteiger partial charge in [0.1, 0.15) is 0 Å². The second kappa shape index (κ2) is 4.79. The van der Waals surface area contributed by atoms with Crippen molar-refractivity contribution in [1.29, 1.82) is 0 Å². The average molecular weight is 231 g/mol. The van der Waals surface area contributed by atoms with Crippen LogP contribution in [0.1, 0.15) is 55.3 Å². The number of hydrogen-bond donors (Lipinski definition) is 2. The quantitative estimate of drug-likeness (QED) is 0.816. The summed E-state index contributed by atoms with van der Waals surface area (Å²) in [6.07, 6.45) is 6.19. The maximum atomic E-state index is 10.1. The van der Waals surface area contributed by atoms with E-state index in [-0.39, 0.29) is 6.10 Å². The van der Waals surface area contributed by atoms with Crippen LogP contribution in [0.15, 0.2) is 24.3 Å². The minimum atomic E-state index is -0.351. The standard InChI is InChI=1S/C15H21NO/c17-15(10-16-14-7-8-14)13-6-2-5-12(9-13)11-3-1-4-11/h2,5-6,9,11,14-17H,1,3-4,7-8,10H2. The zero-order chi connectivity index (χ0) is 11.7. The molecule has 2 saturated carbocycles. The molecule has 3 rings (SSSR count). The van der Waals surface area contributed by atoms with Crippen LogP contribution in [-0.4, -0.2) is 17.7 Å². The lowest BCUT2D eigenvalue weighted by molar-refractivity contribution is 0.174. The molecule has 1 aromatic rings. The van der Waals surface area contributed by atoms with E-state index < -0.39 is 0 Å². The number of hydrogen-bond acceptors (Lipinski definition) is 2. The molecule has 0 spiro atoms. The maximum Gasteiger partial charge on any atom is 0.0914 e. The minimum Gasteiger partial charge on any atom is -0.387 e. The van der Waals surface area contributed by atoms with Crippen LogP contribution < -0.4 is 5.32 Å². The lowest BCUT2D eigenvalue weighted by Gasteiger charge is -2.26. The highest BCUT2D eigenvalue weighted by molar-refractivity contribution is 5.29. The Bertz CT molecular complexity index is 382. The third kappa shape index (κ3) is 2.70. The van der Waals surface area contributed by atoms with E-state index in [1.807, 2.05) is 6.07 Å². The number of nitrogens with one attached hydrogen (secondary N) is 1. The van der Waals surface area contributed by atoms with Crippen LogP contribution in [0, 0.1) is 0 Å². The summed E-state index contributed by atoms with van der Waals surface area (Å²) < 4.78 is 0. The van der Waals surface area contributed by atoms with Gasteiger partial charge in [0, 0.05) is 12.6 Å². The SMILES string of the molecule is OC(CNC1CC1)c1cccc(C2CCC2)c1. The van der Waals surface area contributed by atoms with Crippen molar-refractivity contribution in [3.8, 4) is 0 Å².